The zero-order valence-electron chi connectivity index (χ0n) is 9.35. The Morgan fingerprint density at radius 2 is 1.94 bits per heavy atom. The molecular formula is C13H11ClN2O2. The largest absolute Gasteiger partial charge is 0.506 e. The lowest BCUT2D eigenvalue weighted by molar-refractivity contribution is 0.102. The molecule has 0 saturated carbocycles. The molecule has 18 heavy (non-hydrogen) atoms. The molecule has 0 aromatic heterocycles. The fraction of sp³-hybridized carbons (Fsp3) is 0. The molecule has 0 saturated heterocycles. The molecule has 0 unspecified atom stereocenters. The van der Waals surface area contributed by atoms with Gasteiger partial charge in [-0.3, -0.25) is 4.79 Å². The summed E-state index contributed by atoms with van der Waals surface area (Å²) in [6.07, 6.45) is 0. The first kappa shape index (κ1) is 12.3. The molecule has 0 heterocycles. The van der Waals surface area contributed by atoms with E-state index in [0.29, 0.717) is 16.9 Å². The summed E-state index contributed by atoms with van der Waals surface area (Å²) < 4.78 is 0. The Morgan fingerprint density at radius 3 is 2.61 bits per heavy atom. The van der Waals surface area contributed by atoms with Crippen LogP contribution in [-0.4, -0.2) is 11.0 Å². The maximum atomic E-state index is 12.0. The molecule has 1 amide bonds. The van der Waals surface area contributed by atoms with Crippen LogP contribution >= 0.6 is 11.6 Å². The molecule has 5 heteroatoms. The zero-order valence-corrected chi connectivity index (χ0v) is 10.1. The van der Waals surface area contributed by atoms with E-state index in [-0.39, 0.29) is 10.8 Å². The van der Waals surface area contributed by atoms with Gasteiger partial charge in [-0.1, -0.05) is 23.7 Å². The summed E-state index contributed by atoms with van der Waals surface area (Å²) in [6.45, 7) is 0. The van der Waals surface area contributed by atoms with Gasteiger partial charge in [0.2, 0.25) is 0 Å². The molecule has 0 radical (unpaired) electrons. The summed E-state index contributed by atoms with van der Waals surface area (Å²) in [5, 5.41) is 12.4. The number of phenols is 1. The average Bonchev–Trinajstić information content (AvgIpc) is 2.32. The summed E-state index contributed by atoms with van der Waals surface area (Å²) in [6, 6.07) is 11.1. The second-order valence-corrected chi connectivity index (χ2v) is 4.12. The van der Waals surface area contributed by atoms with E-state index in [1.165, 1.54) is 18.2 Å². The van der Waals surface area contributed by atoms with Crippen LogP contribution in [0, 0.1) is 0 Å². The van der Waals surface area contributed by atoms with Crippen molar-refractivity contribution < 1.29 is 9.90 Å². The lowest BCUT2D eigenvalue weighted by atomic mass is 10.2. The van der Waals surface area contributed by atoms with Gasteiger partial charge in [-0.25, -0.2) is 0 Å². The van der Waals surface area contributed by atoms with Crippen molar-refractivity contribution in [3.8, 4) is 5.75 Å². The van der Waals surface area contributed by atoms with Gasteiger partial charge in [-0.15, -0.1) is 0 Å². The predicted molar refractivity (Wildman–Crippen MR) is 71.9 cm³/mol. The summed E-state index contributed by atoms with van der Waals surface area (Å²) >= 11 is 5.93. The molecule has 2 rings (SSSR count). The van der Waals surface area contributed by atoms with Crippen molar-refractivity contribution in [2.75, 3.05) is 11.1 Å². The number of amides is 1. The lowest BCUT2D eigenvalue weighted by Crippen LogP contribution is -2.12. The van der Waals surface area contributed by atoms with Crippen LogP contribution in [0.5, 0.6) is 5.75 Å². The summed E-state index contributed by atoms with van der Waals surface area (Å²) in [4.78, 5) is 12.0. The highest BCUT2D eigenvalue weighted by molar-refractivity contribution is 6.34. The van der Waals surface area contributed by atoms with E-state index in [4.69, 9.17) is 17.3 Å². The van der Waals surface area contributed by atoms with Crippen molar-refractivity contribution in [1.29, 1.82) is 0 Å². The maximum absolute atomic E-state index is 12.0. The van der Waals surface area contributed by atoms with Crippen LogP contribution in [0.3, 0.4) is 0 Å². The van der Waals surface area contributed by atoms with E-state index < -0.39 is 5.91 Å². The van der Waals surface area contributed by atoms with Gasteiger partial charge in [0.05, 0.1) is 16.3 Å². The second kappa shape index (κ2) is 4.98. The molecule has 0 aliphatic heterocycles. The highest BCUT2D eigenvalue weighted by Gasteiger charge is 2.12. The van der Waals surface area contributed by atoms with Crippen molar-refractivity contribution in [2.45, 2.75) is 0 Å². The van der Waals surface area contributed by atoms with Gasteiger partial charge in [-0.2, -0.15) is 0 Å². The number of carbonyl (C=O) groups is 1. The van der Waals surface area contributed by atoms with Crippen molar-refractivity contribution in [1.82, 2.24) is 0 Å². The van der Waals surface area contributed by atoms with E-state index in [9.17, 15) is 9.90 Å². The van der Waals surface area contributed by atoms with Crippen LogP contribution in [0.15, 0.2) is 42.5 Å². The number of hydrogen-bond acceptors (Lipinski definition) is 3. The molecule has 2 aromatic rings. The number of nitrogens with two attached hydrogens (primary N) is 1. The van der Waals surface area contributed by atoms with Crippen LogP contribution in [-0.2, 0) is 0 Å². The first-order chi connectivity index (χ1) is 8.58. The first-order valence-corrected chi connectivity index (χ1v) is 5.60. The van der Waals surface area contributed by atoms with Gasteiger partial charge in [0, 0.05) is 5.69 Å². The van der Waals surface area contributed by atoms with Crippen LogP contribution in [0.2, 0.25) is 5.02 Å². The van der Waals surface area contributed by atoms with Crippen molar-refractivity contribution >= 4 is 28.9 Å². The van der Waals surface area contributed by atoms with Gasteiger partial charge in [0.1, 0.15) is 5.75 Å². The minimum atomic E-state index is -0.401. The van der Waals surface area contributed by atoms with E-state index in [1.807, 2.05) is 0 Å². The average molecular weight is 263 g/mol. The Kier molecular flexibility index (Phi) is 3.39. The number of hydrogen-bond donors (Lipinski definition) is 3. The Morgan fingerprint density at radius 1 is 1.22 bits per heavy atom. The highest BCUT2D eigenvalue weighted by atomic mass is 35.5. The molecule has 92 valence electrons. The van der Waals surface area contributed by atoms with Gasteiger partial charge in [0.15, 0.2) is 0 Å². The summed E-state index contributed by atoms with van der Waals surface area (Å²) in [7, 11) is 0. The molecule has 0 fully saturated rings. The molecule has 0 aliphatic carbocycles. The second-order valence-electron chi connectivity index (χ2n) is 3.71. The molecule has 4 nitrogen and oxygen atoms in total. The van der Waals surface area contributed by atoms with Gasteiger partial charge in [0.25, 0.3) is 5.91 Å². The van der Waals surface area contributed by atoms with Crippen LogP contribution in [0.25, 0.3) is 0 Å². The van der Waals surface area contributed by atoms with Gasteiger partial charge < -0.3 is 16.2 Å². The smallest absolute Gasteiger partial charge is 0.257 e. The number of para-hydroxylation sites is 2. The Labute approximate surface area is 109 Å². The topological polar surface area (TPSA) is 75.4 Å². The lowest BCUT2D eigenvalue weighted by Gasteiger charge is -2.08. The first-order valence-electron chi connectivity index (χ1n) is 5.22. The minimum absolute atomic E-state index is 0.00239. The normalized spacial score (nSPS) is 10.1. The van der Waals surface area contributed by atoms with Gasteiger partial charge >= 0.3 is 0 Å². The van der Waals surface area contributed by atoms with Crippen molar-refractivity contribution in [2.24, 2.45) is 0 Å². The SMILES string of the molecule is Nc1ccc(C(=O)Nc2ccccc2O)c(Cl)c1. The molecule has 0 atom stereocenters. The molecule has 0 bridgehead atoms. The Bertz CT molecular complexity index is 599. The third-order valence-electron chi connectivity index (χ3n) is 2.39. The molecule has 0 aliphatic rings. The van der Waals surface area contributed by atoms with Crippen LogP contribution in [0.4, 0.5) is 11.4 Å². The molecule has 0 spiro atoms. The van der Waals surface area contributed by atoms with E-state index in [1.54, 1.807) is 24.3 Å². The quantitative estimate of drug-likeness (QED) is 0.575. The van der Waals surface area contributed by atoms with E-state index in [0.717, 1.165) is 0 Å². The third-order valence-corrected chi connectivity index (χ3v) is 2.70. The fourth-order valence-corrected chi connectivity index (χ4v) is 1.76. The number of halogens is 1. The van der Waals surface area contributed by atoms with Crippen LogP contribution < -0.4 is 11.1 Å². The summed E-state index contributed by atoms with van der Waals surface area (Å²) in [5.41, 5.74) is 6.66. The predicted octanol–water partition coefficient (Wildman–Crippen LogP) is 2.88. The number of nitrogens with one attached hydrogen (secondary N) is 1. The monoisotopic (exact) mass is 262 g/mol. The van der Waals surface area contributed by atoms with Crippen molar-refractivity contribution in [3.63, 3.8) is 0 Å². The van der Waals surface area contributed by atoms with E-state index >= 15 is 0 Å². The Hall–Kier alpha value is -2.20. The molecule has 4 N–H and O–H groups in total. The number of benzene rings is 2. The number of nitrogen functional groups attached to an aromatic ring is 1. The number of carbonyl (C=O) groups excluding carboxylic acids is 1. The number of phenolic OH excluding ortho intramolecular Hbond substituents is 1. The maximum Gasteiger partial charge on any atom is 0.257 e. The zero-order chi connectivity index (χ0) is 13.1. The summed E-state index contributed by atoms with van der Waals surface area (Å²) in [5.74, 6) is -0.404. The van der Waals surface area contributed by atoms with Gasteiger partial charge in [-0.05, 0) is 30.3 Å². The Balaban J connectivity index is 2.25. The molecule has 2 aromatic carbocycles. The minimum Gasteiger partial charge on any atom is -0.506 e. The standard InChI is InChI=1S/C13H11ClN2O2/c14-10-7-8(15)5-6-9(10)13(18)16-11-3-1-2-4-12(11)17/h1-7,17H,15H2,(H,16,18). The highest BCUT2D eigenvalue weighted by Crippen LogP contribution is 2.24. The molecular weight excluding hydrogens is 252 g/mol. The number of rotatable bonds is 2. The third kappa shape index (κ3) is 2.55. The van der Waals surface area contributed by atoms with E-state index in [2.05, 4.69) is 5.32 Å². The van der Waals surface area contributed by atoms with Crippen molar-refractivity contribution in [3.05, 3.63) is 53.1 Å². The number of anilines is 2. The number of aromatic hydroxyl groups is 1. The van der Waals surface area contributed by atoms with Crippen LogP contribution in [0.1, 0.15) is 10.4 Å². The fourth-order valence-electron chi connectivity index (χ4n) is 1.48.